The van der Waals surface area contributed by atoms with Crippen LogP contribution in [-0.4, -0.2) is 37.5 Å². The number of carbonyl (C=O) groups excluding carboxylic acids is 3. The van der Waals surface area contributed by atoms with E-state index in [0.29, 0.717) is 0 Å². The van der Waals surface area contributed by atoms with E-state index in [1.165, 1.54) is 0 Å². The maximum Gasteiger partial charge on any atom is 6.00 e. The van der Waals surface area contributed by atoms with E-state index >= 15 is 0 Å². The second-order valence-corrected chi connectivity index (χ2v) is 1.65. The second-order valence-electron chi connectivity index (χ2n) is 1.65. The summed E-state index contributed by atoms with van der Waals surface area (Å²) in [6.07, 6.45) is 0. The molecule has 0 aliphatic heterocycles. The van der Waals surface area contributed by atoms with E-state index in [1.807, 2.05) is 0 Å². The number of rotatable bonds is 3. The maximum absolute atomic E-state index is 9.07. The standard InChI is InChI=1S/3C2H4NO2.Fe/c3*3-1-2(4)5;/h3*3H,1H2,(H,4,5);/q3*-1;+6/p-3. The first kappa shape index (κ1) is 24.2. The normalized spacial score (nSPS) is 6.94. The number of carbonyl (C=O) groups is 3. The van der Waals surface area contributed by atoms with Crippen molar-refractivity contribution in [3.05, 3.63) is 17.2 Å². The van der Waals surface area contributed by atoms with Crippen molar-refractivity contribution in [3.8, 4) is 0 Å². The molecule has 0 amide bonds. The first-order chi connectivity index (χ1) is 6.81. The van der Waals surface area contributed by atoms with Gasteiger partial charge in [-0.05, 0) is 0 Å². The zero-order chi connectivity index (χ0) is 12.9. The van der Waals surface area contributed by atoms with E-state index in [0.717, 1.165) is 0 Å². The van der Waals surface area contributed by atoms with Gasteiger partial charge in [0.05, 0.1) is 0 Å². The first-order valence-corrected chi connectivity index (χ1v) is 3.35. The zero-order valence-electron chi connectivity index (χ0n) is 7.92. The Bertz CT molecular complexity index is 167. The van der Waals surface area contributed by atoms with Crippen molar-refractivity contribution in [1.29, 1.82) is 0 Å². The van der Waals surface area contributed by atoms with Crippen LogP contribution in [0.3, 0.4) is 0 Å². The summed E-state index contributed by atoms with van der Waals surface area (Å²) in [5.74, 6) is -3.99. The van der Waals surface area contributed by atoms with E-state index in [9.17, 15) is 0 Å². The van der Waals surface area contributed by atoms with Crippen molar-refractivity contribution in [1.82, 2.24) is 0 Å². The molecule has 0 aliphatic carbocycles. The molecule has 3 N–H and O–H groups in total. The van der Waals surface area contributed by atoms with Crippen LogP contribution in [0.25, 0.3) is 17.2 Å². The van der Waals surface area contributed by atoms with E-state index in [2.05, 4.69) is 0 Å². The SMILES string of the molecule is [Fe+6].[NH-]CC(=O)[O-].[NH-]CC(=O)[O-].[NH-]CC(=O)[O-]. The first-order valence-electron chi connectivity index (χ1n) is 3.35. The Morgan fingerprint density at radius 3 is 0.750 bits per heavy atom. The third kappa shape index (κ3) is 77.2. The zero-order valence-corrected chi connectivity index (χ0v) is 9.03. The molecule has 0 unspecified atom stereocenters. The minimum absolute atomic E-state index is 0. The fraction of sp³-hybridized carbons (Fsp3) is 0.500. The van der Waals surface area contributed by atoms with Gasteiger partial charge in [0.25, 0.3) is 0 Å². The summed E-state index contributed by atoms with van der Waals surface area (Å²) in [6, 6.07) is 0. The van der Waals surface area contributed by atoms with Crippen LogP contribution >= 0.6 is 0 Å². The summed E-state index contributed by atoms with van der Waals surface area (Å²) in [7, 11) is 0. The topological polar surface area (TPSA) is 192 Å². The summed E-state index contributed by atoms with van der Waals surface area (Å²) in [5, 5.41) is 27.2. The summed E-state index contributed by atoms with van der Waals surface area (Å²) in [5.41, 5.74) is 18.0. The Hall–Kier alpha value is -1.19. The average molecular weight is 275 g/mol. The van der Waals surface area contributed by atoms with Crippen LogP contribution in [0.5, 0.6) is 0 Å². The molecule has 0 radical (unpaired) electrons. The van der Waals surface area contributed by atoms with Gasteiger partial charge in [0.15, 0.2) is 0 Å². The van der Waals surface area contributed by atoms with Crippen LogP contribution in [0.2, 0.25) is 0 Å². The quantitative estimate of drug-likeness (QED) is 0.476. The number of hydrogen-bond acceptors (Lipinski definition) is 6. The number of nitrogens with one attached hydrogen (secondary N) is 3. The third-order valence-electron chi connectivity index (χ3n) is 0.433. The molecule has 0 rings (SSSR count). The van der Waals surface area contributed by atoms with Gasteiger partial charge in [-0.25, -0.2) is 0 Å². The van der Waals surface area contributed by atoms with Crippen molar-refractivity contribution in [3.63, 3.8) is 0 Å². The molecule has 0 saturated heterocycles. The second kappa shape index (κ2) is 19.4. The molecule has 9 nitrogen and oxygen atoms in total. The third-order valence-corrected chi connectivity index (χ3v) is 0.433. The fourth-order valence-electron chi connectivity index (χ4n) is 0. The van der Waals surface area contributed by atoms with Crippen molar-refractivity contribution in [2.24, 2.45) is 0 Å². The molecule has 0 fully saturated rings. The maximum atomic E-state index is 9.07. The van der Waals surface area contributed by atoms with Crippen LogP contribution < -0.4 is 15.3 Å². The number of aliphatic carboxylic acids is 3. The Labute approximate surface area is 102 Å². The summed E-state index contributed by atoms with van der Waals surface area (Å²) < 4.78 is 0. The van der Waals surface area contributed by atoms with E-state index < -0.39 is 37.5 Å². The van der Waals surface area contributed by atoms with Crippen LogP contribution in [0, 0.1) is 0 Å². The smallest absolute Gasteiger partial charge is 0.673 e. The van der Waals surface area contributed by atoms with Gasteiger partial charge < -0.3 is 46.9 Å². The van der Waals surface area contributed by atoms with Gasteiger partial charge in [-0.15, -0.1) is 19.6 Å². The molecule has 0 spiro atoms. The molecule has 0 aromatic rings. The minimum Gasteiger partial charge on any atom is -0.673 e. The van der Waals surface area contributed by atoms with Gasteiger partial charge in [-0.3, -0.25) is 0 Å². The van der Waals surface area contributed by atoms with Crippen LogP contribution in [0.1, 0.15) is 0 Å². The molecule has 0 aromatic carbocycles. The van der Waals surface area contributed by atoms with Gasteiger partial charge in [0.1, 0.15) is 0 Å². The van der Waals surface area contributed by atoms with Crippen LogP contribution in [-0.2, 0) is 31.5 Å². The summed E-state index contributed by atoms with van der Waals surface area (Å²) in [4.78, 5) is 27.2. The van der Waals surface area contributed by atoms with Crippen molar-refractivity contribution in [2.45, 2.75) is 0 Å². The average Bonchev–Trinajstić information content (AvgIpc) is 2.19. The molecule has 0 atom stereocenters. The molecular weight excluding hydrogens is 266 g/mol. The number of carboxylic acid groups (broad SMARTS) is 3. The van der Waals surface area contributed by atoms with E-state index in [4.69, 9.17) is 46.9 Å². The largest absolute Gasteiger partial charge is 6.00 e. The predicted molar refractivity (Wildman–Crippen MR) is 42.6 cm³/mol. The van der Waals surface area contributed by atoms with Crippen molar-refractivity contribution < 1.29 is 46.8 Å². The van der Waals surface area contributed by atoms with Gasteiger partial charge in [0.2, 0.25) is 0 Å². The summed E-state index contributed by atoms with van der Waals surface area (Å²) >= 11 is 0. The predicted octanol–water partition coefficient (Wildman–Crippen LogP) is -3.64. The Kier molecular flexibility index (Phi) is 29.3. The Morgan fingerprint density at radius 1 is 0.688 bits per heavy atom. The van der Waals surface area contributed by atoms with Crippen molar-refractivity contribution in [2.75, 3.05) is 19.6 Å². The van der Waals surface area contributed by atoms with Crippen LogP contribution in [0.15, 0.2) is 0 Å². The van der Waals surface area contributed by atoms with E-state index in [-0.39, 0.29) is 17.1 Å². The molecule has 92 valence electrons. The molecule has 0 bridgehead atoms. The molecule has 0 saturated carbocycles. The number of carboxylic acids is 3. The fourth-order valence-corrected chi connectivity index (χ4v) is 0. The van der Waals surface area contributed by atoms with Gasteiger partial charge in [0, 0.05) is 17.9 Å². The van der Waals surface area contributed by atoms with Crippen LogP contribution in [0.4, 0.5) is 0 Å². The molecule has 0 heterocycles. The number of hydrogen-bond donors (Lipinski definition) is 0. The Balaban J connectivity index is -0.0000000655. The minimum atomic E-state index is -1.33. The van der Waals surface area contributed by atoms with E-state index in [1.54, 1.807) is 0 Å². The summed E-state index contributed by atoms with van der Waals surface area (Å²) in [6.45, 7) is -1.92. The van der Waals surface area contributed by atoms with Gasteiger partial charge in [-0.1, -0.05) is 0 Å². The monoisotopic (exact) mass is 275 g/mol. The van der Waals surface area contributed by atoms with Gasteiger partial charge in [-0.2, -0.15) is 0 Å². The molecule has 10 heteroatoms. The Morgan fingerprint density at radius 2 is 0.750 bits per heavy atom. The van der Waals surface area contributed by atoms with Gasteiger partial charge >= 0.3 is 17.1 Å². The van der Waals surface area contributed by atoms with Crippen molar-refractivity contribution >= 4 is 17.9 Å². The molecule has 0 aliphatic rings. The molecular formula is C6H9FeN3O6. The molecule has 16 heavy (non-hydrogen) atoms. The molecule has 0 aromatic heterocycles.